The Hall–Kier alpha value is -1.60. The van der Waals surface area contributed by atoms with Crippen LogP contribution in [0.2, 0.25) is 0 Å². The van der Waals surface area contributed by atoms with Crippen LogP contribution in [0.25, 0.3) is 0 Å². The van der Waals surface area contributed by atoms with Gasteiger partial charge in [0, 0.05) is 19.4 Å². The van der Waals surface area contributed by atoms with E-state index >= 15 is 0 Å². The van der Waals surface area contributed by atoms with Crippen molar-refractivity contribution < 1.29 is 18.0 Å². The van der Waals surface area contributed by atoms with E-state index in [9.17, 15) is 18.0 Å². The molecule has 1 saturated carbocycles. The first-order valence-electron chi connectivity index (χ1n) is 8.08. The fourth-order valence-corrected chi connectivity index (χ4v) is 3.71. The lowest BCUT2D eigenvalue weighted by molar-refractivity contribution is -0.207. The molecule has 1 fully saturated rings. The van der Waals surface area contributed by atoms with Crippen LogP contribution >= 0.6 is 0 Å². The average molecular weight is 330 g/mol. The van der Waals surface area contributed by atoms with Crippen molar-refractivity contribution in [3.8, 4) is 0 Å². The molecule has 0 aromatic carbocycles. The molecule has 8 heteroatoms. The van der Waals surface area contributed by atoms with Crippen molar-refractivity contribution >= 4 is 5.91 Å². The summed E-state index contributed by atoms with van der Waals surface area (Å²) in [5.41, 5.74) is -0.353. The van der Waals surface area contributed by atoms with E-state index in [1.807, 2.05) is 0 Å². The number of aromatic nitrogens is 3. The summed E-state index contributed by atoms with van der Waals surface area (Å²) in [4.78, 5) is 12.5. The standard InChI is InChI=1S/C15H21F3N4O/c1-22-12-9-10(5-6-11(12)20-21-22)13(23)19-14(15(16,17)18)7-3-2-4-8-14/h10H,2-9H2,1H3,(H,19,23). The number of nitrogens with zero attached hydrogens (tertiary/aromatic N) is 3. The molecule has 23 heavy (non-hydrogen) atoms. The molecule has 128 valence electrons. The predicted molar refractivity (Wildman–Crippen MR) is 76.5 cm³/mol. The molecule has 0 aliphatic heterocycles. The second-order valence-electron chi connectivity index (χ2n) is 6.68. The van der Waals surface area contributed by atoms with Gasteiger partial charge in [-0.05, 0) is 25.7 Å². The first kappa shape index (κ1) is 16.3. The van der Waals surface area contributed by atoms with Gasteiger partial charge in [-0.1, -0.05) is 24.5 Å². The number of halogens is 3. The molecule has 1 atom stereocenters. The fraction of sp³-hybridized carbons (Fsp3) is 0.800. The summed E-state index contributed by atoms with van der Waals surface area (Å²) in [5.74, 6) is -0.933. The Labute approximate surface area is 132 Å². The van der Waals surface area contributed by atoms with Crippen molar-refractivity contribution in [2.45, 2.75) is 63.1 Å². The summed E-state index contributed by atoms with van der Waals surface area (Å²) < 4.78 is 42.2. The number of amides is 1. The van der Waals surface area contributed by atoms with Crippen molar-refractivity contribution in [2.75, 3.05) is 0 Å². The maximum absolute atomic E-state index is 13.5. The Morgan fingerprint density at radius 1 is 1.30 bits per heavy atom. The number of aryl methyl sites for hydroxylation is 2. The topological polar surface area (TPSA) is 59.8 Å². The van der Waals surface area contributed by atoms with Gasteiger partial charge in [-0.3, -0.25) is 9.48 Å². The number of alkyl halides is 3. The van der Waals surface area contributed by atoms with Crippen LogP contribution in [0, 0.1) is 5.92 Å². The van der Waals surface area contributed by atoms with E-state index in [1.165, 1.54) is 0 Å². The number of fused-ring (bicyclic) bond motifs is 1. The van der Waals surface area contributed by atoms with Crippen molar-refractivity contribution in [1.29, 1.82) is 0 Å². The molecule has 1 unspecified atom stereocenters. The molecule has 0 saturated heterocycles. The van der Waals surface area contributed by atoms with E-state index in [1.54, 1.807) is 11.7 Å². The van der Waals surface area contributed by atoms with Crippen LogP contribution < -0.4 is 5.32 Å². The van der Waals surface area contributed by atoms with Crippen LogP contribution in [0.1, 0.15) is 49.9 Å². The number of carbonyl (C=O) groups excluding carboxylic acids is 1. The average Bonchev–Trinajstić information content (AvgIpc) is 2.88. The molecule has 1 amide bonds. The molecule has 1 aromatic heterocycles. The van der Waals surface area contributed by atoms with E-state index in [-0.39, 0.29) is 12.8 Å². The van der Waals surface area contributed by atoms with Crippen molar-refractivity contribution in [2.24, 2.45) is 13.0 Å². The molecule has 3 rings (SSSR count). The molecule has 1 heterocycles. The third kappa shape index (κ3) is 2.95. The summed E-state index contributed by atoms with van der Waals surface area (Å²) in [6.07, 6.45) is -1.15. The number of carbonyl (C=O) groups is 1. The van der Waals surface area contributed by atoms with Gasteiger partial charge in [-0.15, -0.1) is 5.10 Å². The summed E-state index contributed by atoms with van der Waals surface area (Å²) in [7, 11) is 1.74. The third-order valence-electron chi connectivity index (χ3n) is 5.18. The molecule has 2 aliphatic rings. The van der Waals surface area contributed by atoms with E-state index in [0.717, 1.165) is 17.8 Å². The van der Waals surface area contributed by atoms with Gasteiger partial charge in [0.25, 0.3) is 0 Å². The van der Waals surface area contributed by atoms with Crippen LogP contribution in [0.3, 0.4) is 0 Å². The van der Waals surface area contributed by atoms with E-state index in [0.29, 0.717) is 32.1 Å². The predicted octanol–water partition coefficient (Wildman–Crippen LogP) is 2.30. The zero-order chi connectivity index (χ0) is 16.7. The highest BCUT2D eigenvalue weighted by Crippen LogP contribution is 2.42. The van der Waals surface area contributed by atoms with Crippen LogP contribution in [-0.2, 0) is 24.7 Å². The molecular weight excluding hydrogens is 309 g/mol. The van der Waals surface area contributed by atoms with Gasteiger partial charge in [0.2, 0.25) is 5.91 Å². The van der Waals surface area contributed by atoms with E-state index in [4.69, 9.17) is 0 Å². The maximum atomic E-state index is 13.5. The minimum atomic E-state index is -4.41. The normalized spacial score (nSPS) is 24.1. The highest BCUT2D eigenvalue weighted by molar-refractivity contribution is 5.80. The summed E-state index contributed by atoms with van der Waals surface area (Å²) in [5, 5.41) is 10.3. The second-order valence-corrected chi connectivity index (χ2v) is 6.68. The first-order chi connectivity index (χ1) is 10.8. The van der Waals surface area contributed by atoms with Gasteiger partial charge in [-0.25, -0.2) is 0 Å². The molecule has 0 radical (unpaired) electrons. The zero-order valence-electron chi connectivity index (χ0n) is 13.1. The monoisotopic (exact) mass is 330 g/mol. The fourth-order valence-electron chi connectivity index (χ4n) is 3.71. The van der Waals surface area contributed by atoms with E-state index in [2.05, 4.69) is 15.6 Å². The van der Waals surface area contributed by atoms with E-state index < -0.39 is 23.5 Å². The highest BCUT2D eigenvalue weighted by atomic mass is 19.4. The maximum Gasteiger partial charge on any atom is 0.411 e. The quantitative estimate of drug-likeness (QED) is 0.905. The minimum Gasteiger partial charge on any atom is -0.342 e. The number of hydrogen-bond acceptors (Lipinski definition) is 3. The molecule has 5 nitrogen and oxygen atoms in total. The molecular formula is C15H21F3N4O. The Morgan fingerprint density at radius 2 is 2.00 bits per heavy atom. The Balaban J connectivity index is 1.74. The second kappa shape index (κ2) is 5.79. The smallest absolute Gasteiger partial charge is 0.342 e. The SMILES string of the molecule is Cn1nnc2c1CC(C(=O)NC1(C(F)(F)F)CCCCC1)CC2. The van der Waals surface area contributed by atoms with Gasteiger partial charge in [-0.2, -0.15) is 13.2 Å². The van der Waals surface area contributed by atoms with Gasteiger partial charge < -0.3 is 5.32 Å². The summed E-state index contributed by atoms with van der Waals surface area (Å²) in [6.45, 7) is 0. The van der Waals surface area contributed by atoms with Gasteiger partial charge in [0.1, 0.15) is 5.54 Å². The summed E-state index contributed by atoms with van der Waals surface area (Å²) >= 11 is 0. The Bertz CT molecular complexity index is 590. The van der Waals surface area contributed by atoms with Crippen molar-refractivity contribution in [3.63, 3.8) is 0 Å². The van der Waals surface area contributed by atoms with Crippen LogP contribution in [0.15, 0.2) is 0 Å². The lowest BCUT2D eigenvalue weighted by Gasteiger charge is -2.40. The lowest BCUT2D eigenvalue weighted by Crippen LogP contribution is -2.61. The molecule has 0 spiro atoms. The van der Waals surface area contributed by atoms with Gasteiger partial charge >= 0.3 is 6.18 Å². The Kier molecular flexibility index (Phi) is 4.10. The minimum absolute atomic E-state index is 0.0204. The number of hydrogen-bond donors (Lipinski definition) is 1. The molecule has 2 aliphatic carbocycles. The molecule has 1 aromatic rings. The zero-order valence-corrected chi connectivity index (χ0v) is 13.1. The third-order valence-corrected chi connectivity index (χ3v) is 5.18. The first-order valence-corrected chi connectivity index (χ1v) is 8.08. The highest BCUT2D eigenvalue weighted by Gasteiger charge is 2.56. The number of rotatable bonds is 2. The lowest BCUT2D eigenvalue weighted by atomic mass is 9.80. The van der Waals surface area contributed by atoms with Crippen LogP contribution in [-0.4, -0.2) is 32.6 Å². The van der Waals surface area contributed by atoms with Crippen LogP contribution in [0.4, 0.5) is 13.2 Å². The molecule has 0 bridgehead atoms. The van der Waals surface area contributed by atoms with Gasteiger partial charge in [0.15, 0.2) is 0 Å². The summed E-state index contributed by atoms with van der Waals surface area (Å²) in [6, 6.07) is 0. The van der Waals surface area contributed by atoms with Gasteiger partial charge in [0.05, 0.1) is 11.4 Å². The Morgan fingerprint density at radius 3 is 2.65 bits per heavy atom. The van der Waals surface area contributed by atoms with Crippen molar-refractivity contribution in [1.82, 2.24) is 20.3 Å². The van der Waals surface area contributed by atoms with Crippen molar-refractivity contribution in [3.05, 3.63) is 11.4 Å². The molecule has 1 N–H and O–H groups in total. The van der Waals surface area contributed by atoms with Crippen LogP contribution in [0.5, 0.6) is 0 Å². The largest absolute Gasteiger partial charge is 0.411 e. The number of nitrogens with one attached hydrogen (secondary N) is 1.